The van der Waals surface area contributed by atoms with Crippen LogP contribution in [0.25, 0.3) is 22.2 Å². The third kappa shape index (κ3) is 4.52. The number of carbonyl (C=O) groups excluding carboxylic acids is 3. The van der Waals surface area contributed by atoms with Crippen molar-refractivity contribution in [3.05, 3.63) is 90.0 Å². The number of nitrogens with one attached hydrogen (secondary N) is 1. The lowest BCUT2D eigenvalue weighted by Gasteiger charge is -2.08. The van der Waals surface area contributed by atoms with E-state index < -0.39 is 18.5 Å². The van der Waals surface area contributed by atoms with E-state index in [0.29, 0.717) is 17.0 Å². The average molecular weight is 428 g/mol. The number of esters is 1. The van der Waals surface area contributed by atoms with E-state index in [1.165, 1.54) is 24.3 Å². The zero-order valence-corrected chi connectivity index (χ0v) is 17.0. The first-order chi connectivity index (χ1) is 15.5. The van der Waals surface area contributed by atoms with Crippen molar-refractivity contribution in [1.82, 2.24) is 4.98 Å². The molecular weight excluding hydrogens is 408 g/mol. The third-order valence-corrected chi connectivity index (χ3v) is 4.85. The minimum absolute atomic E-state index is 0.256. The van der Waals surface area contributed by atoms with Crippen LogP contribution in [0.4, 0.5) is 0 Å². The van der Waals surface area contributed by atoms with Crippen molar-refractivity contribution in [1.29, 1.82) is 0 Å². The van der Waals surface area contributed by atoms with Gasteiger partial charge in [-0.2, -0.15) is 0 Å². The highest BCUT2D eigenvalue weighted by Crippen LogP contribution is 2.30. The van der Waals surface area contributed by atoms with Crippen LogP contribution >= 0.6 is 0 Å². The van der Waals surface area contributed by atoms with Gasteiger partial charge >= 0.3 is 5.97 Å². The largest absolute Gasteiger partial charge is 0.484 e. The fourth-order valence-electron chi connectivity index (χ4n) is 3.38. The fourth-order valence-corrected chi connectivity index (χ4v) is 3.38. The number of benzene rings is 3. The predicted molar refractivity (Wildman–Crippen MR) is 119 cm³/mol. The molecular formula is C25H20N2O5. The van der Waals surface area contributed by atoms with Gasteiger partial charge in [-0.3, -0.25) is 9.59 Å². The van der Waals surface area contributed by atoms with E-state index in [0.717, 1.165) is 16.5 Å². The van der Waals surface area contributed by atoms with Gasteiger partial charge in [0, 0.05) is 10.9 Å². The molecule has 1 heterocycles. The van der Waals surface area contributed by atoms with Gasteiger partial charge in [-0.15, -0.1) is 0 Å². The lowest BCUT2D eigenvalue weighted by Crippen LogP contribution is -2.20. The maximum absolute atomic E-state index is 13.1. The number of Topliss-reactive ketones (excluding diaryl/α,β-unsaturated/α-hetero) is 1. The number of ether oxygens (including phenoxy) is 2. The van der Waals surface area contributed by atoms with Crippen LogP contribution < -0.4 is 10.5 Å². The summed E-state index contributed by atoms with van der Waals surface area (Å²) in [5.74, 6) is -1.15. The number of nitrogens with two attached hydrogens (primary N) is 1. The molecule has 1 amide bonds. The average Bonchev–Trinajstić information content (AvgIpc) is 3.21. The lowest BCUT2D eigenvalue weighted by molar-refractivity contribution is -0.119. The van der Waals surface area contributed by atoms with Gasteiger partial charge in [0.15, 0.2) is 13.2 Å². The number of aromatic amines is 1. The Hall–Kier alpha value is -4.39. The van der Waals surface area contributed by atoms with E-state index in [1.807, 2.05) is 54.6 Å². The number of rotatable bonds is 8. The summed E-state index contributed by atoms with van der Waals surface area (Å²) in [5.41, 5.74) is 8.15. The van der Waals surface area contributed by atoms with Gasteiger partial charge in [0.05, 0.1) is 16.8 Å². The maximum Gasteiger partial charge on any atom is 0.338 e. The highest BCUT2D eigenvalue weighted by atomic mass is 16.5. The molecule has 4 rings (SSSR count). The van der Waals surface area contributed by atoms with Crippen LogP contribution in [0.3, 0.4) is 0 Å². The summed E-state index contributed by atoms with van der Waals surface area (Å²) in [4.78, 5) is 39.6. The molecule has 3 aromatic carbocycles. The Balaban J connectivity index is 1.51. The van der Waals surface area contributed by atoms with Gasteiger partial charge in [-0.05, 0) is 35.9 Å². The van der Waals surface area contributed by atoms with Crippen molar-refractivity contribution in [3.8, 4) is 17.0 Å². The highest BCUT2D eigenvalue weighted by Gasteiger charge is 2.21. The number of para-hydroxylation sites is 1. The summed E-state index contributed by atoms with van der Waals surface area (Å²) in [7, 11) is 0. The van der Waals surface area contributed by atoms with Crippen LogP contribution in [0, 0.1) is 0 Å². The van der Waals surface area contributed by atoms with Crippen molar-refractivity contribution >= 4 is 28.6 Å². The number of fused-ring (bicyclic) bond motifs is 1. The molecule has 0 aliphatic rings. The molecule has 7 heteroatoms. The summed E-state index contributed by atoms with van der Waals surface area (Å²) in [6, 6.07) is 23.0. The van der Waals surface area contributed by atoms with Crippen molar-refractivity contribution < 1.29 is 23.9 Å². The van der Waals surface area contributed by atoms with Crippen LogP contribution in [-0.4, -0.2) is 35.9 Å². The second-order valence-electron chi connectivity index (χ2n) is 7.07. The van der Waals surface area contributed by atoms with Gasteiger partial charge in [0.1, 0.15) is 5.75 Å². The van der Waals surface area contributed by atoms with Crippen LogP contribution in [-0.2, 0) is 9.53 Å². The van der Waals surface area contributed by atoms with Gasteiger partial charge in [0.25, 0.3) is 5.91 Å². The van der Waals surface area contributed by atoms with Crippen LogP contribution in [0.1, 0.15) is 20.7 Å². The van der Waals surface area contributed by atoms with E-state index >= 15 is 0 Å². The molecule has 0 aliphatic heterocycles. The number of hydrogen-bond donors (Lipinski definition) is 2. The van der Waals surface area contributed by atoms with Crippen LogP contribution in [0.5, 0.6) is 5.75 Å². The molecule has 0 radical (unpaired) electrons. The first kappa shape index (κ1) is 20.9. The van der Waals surface area contributed by atoms with Crippen molar-refractivity contribution in [3.63, 3.8) is 0 Å². The molecule has 0 fully saturated rings. The Morgan fingerprint density at radius 2 is 1.50 bits per heavy atom. The summed E-state index contributed by atoms with van der Waals surface area (Å²) in [6.45, 7) is -0.660. The molecule has 32 heavy (non-hydrogen) atoms. The normalized spacial score (nSPS) is 10.6. The maximum atomic E-state index is 13.1. The molecule has 0 saturated carbocycles. The number of H-pyrrole nitrogens is 1. The van der Waals surface area contributed by atoms with Crippen molar-refractivity contribution in [2.45, 2.75) is 0 Å². The van der Waals surface area contributed by atoms with Crippen molar-refractivity contribution in [2.24, 2.45) is 5.73 Å². The molecule has 0 aliphatic carbocycles. The van der Waals surface area contributed by atoms with E-state index in [2.05, 4.69) is 4.98 Å². The second kappa shape index (κ2) is 9.18. The minimum atomic E-state index is -0.638. The predicted octanol–water partition coefficient (Wildman–Crippen LogP) is 3.74. The molecule has 0 saturated heterocycles. The van der Waals surface area contributed by atoms with E-state index in [9.17, 15) is 14.4 Å². The Kier molecular flexibility index (Phi) is 5.98. The zero-order valence-electron chi connectivity index (χ0n) is 17.0. The zero-order chi connectivity index (χ0) is 22.5. The van der Waals surface area contributed by atoms with Gasteiger partial charge < -0.3 is 20.2 Å². The van der Waals surface area contributed by atoms with Crippen LogP contribution in [0.2, 0.25) is 0 Å². The first-order valence-electron chi connectivity index (χ1n) is 9.90. The van der Waals surface area contributed by atoms with E-state index in [1.54, 1.807) is 0 Å². The minimum Gasteiger partial charge on any atom is -0.484 e. The molecule has 3 N–H and O–H groups in total. The standard InChI is InChI=1S/C25H20N2O5/c26-22(29)15-31-18-12-10-17(11-13-18)25(30)32-14-21(28)23-19-8-4-5-9-20(19)27-24(23)16-6-2-1-3-7-16/h1-13,27H,14-15H2,(H2,26,29). The molecule has 0 atom stereocenters. The number of primary amides is 1. The molecule has 160 valence electrons. The van der Waals surface area contributed by atoms with Gasteiger partial charge in [-0.1, -0.05) is 48.5 Å². The second-order valence-corrected chi connectivity index (χ2v) is 7.07. The molecule has 0 bridgehead atoms. The van der Waals surface area contributed by atoms with Gasteiger partial charge in [-0.25, -0.2) is 4.79 Å². The Morgan fingerprint density at radius 3 is 2.22 bits per heavy atom. The summed E-state index contributed by atoms with van der Waals surface area (Å²) >= 11 is 0. The fraction of sp³-hybridized carbons (Fsp3) is 0.0800. The Labute approximate surface area is 183 Å². The highest BCUT2D eigenvalue weighted by molar-refractivity contribution is 6.14. The molecule has 0 unspecified atom stereocenters. The number of aromatic nitrogens is 1. The lowest BCUT2D eigenvalue weighted by atomic mass is 10.0. The Morgan fingerprint density at radius 1 is 0.812 bits per heavy atom. The topological polar surface area (TPSA) is 111 Å². The van der Waals surface area contributed by atoms with Crippen LogP contribution in [0.15, 0.2) is 78.9 Å². The molecule has 0 spiro atoms. The summed E-state index contributed by atoms with van der Waals surface area (Å²) < 4.78 is 10.4. The first-order valence-corrected chi connectivity index (χ1v) is 9.90. The smallest absolute Gasteiger partial charge is 0.338 e. The molecule has 7 nitrogen and oxygen atoms in total. The van der Waals surface area contributed by atoms with E-state index in [-0.39, 0.29) is 18.0 Å². The number of amides is 1. The van der Waals surface area contributed by atoms with E-state index in [4.69, 9.17) is 15.2 Å². The third-order valence-electron chi connectivity index (χ3n) is 4.85. The molecule has 1 aromatic heterocycles. The number of carbonyl (C=O) groups is 3. The quantitative estimate of drug-likeness (QED) is 0.328. The summed E-state index contributed by atoms with van der Waals surface area (Å²) in [5, 5.41) is 0.767. The van der Waals surface area contributed by atoms with Gasteiger partial charge in [0.2, 0.25) is 5.78 Å². The monoisotopic (exact) mass is 428 g/mol. The number of ketones is 1. The number of hydrogen-bond acceptors (Lipinski definition) is 5. The summed E-state index contributed by atoms with van der Waals surface area (Å²) in [6.07, 6.45) is 0. The van der Waals surface area contributed by atoms with Crippen molar-refractivity contribution in [2.75, 3.05) is 13.2 Å². The molecule has 4 aromatic rings. The Bertz CT molecular complexity index is 1280. The SMILES string of the molecule is NC(=O)COc1ccc(C(=O)OCC(=O)c2c(-c3ccccc3)[nH]c3ccccc23)cc1.